The lowest BCUT2D eigenvalue weighted by molar-refractivity contribution is -0.140. The summed E-state index contributed by atoms with van der Waals surface area (Å²) in [5.74, 6) is -2.80. The molecule has 0 spiro atoms. The number of carbonyl (C=O) groups excluding carboxylic acids is 1. The Kier molecular flexibility index (Phi) is 4.33. The molecule has 0 saturated heterocycles. The zero-order valence-corrected chi connectivity index (χ0v) is 6.82. The number of hydrogen-bond acceptors (Lipinski definition) is 2. The van der Waals surface area contributed by atoms with Gasteiger partial charge >= 0.3 is 5.97 Å². The van der Waals surface area contributed by atoms with Crippen molar-refractivity contribution in [2.24, 2.45) is 17.6 Å². The zero-order chi connectivity index (χ0) is 9.72. The quantitative estimate of drug-likeness (QED) is 0.621. The van der Waals surface area contributed by atoms with E-state index in [2.05, 4.69) is 13.8 Å². The summed E-state index contributed by atoms with van der Waals surface area (Å²) in [6.45, 7) is 6.87. The maximum Gasteiger partial charge on any atom is 0.306 e. The van der Waals surface area contributed by atoms with E-state index in [0.29, 0.717) is 6.42 Å². The molecule has 2 atom stereocenters. The Morgan fingerprint density at radius 1 is 1.50 bits per heavy atom. The minimum Gasteiger partial charge on any atom is -0.481 e. The normalized spacial score (nSPS) is 15.2. The van der Waals surface area contributed by atoms with Crippen LogP contribution in [0.15, 0.2) is 0 Å². The van der Waals surface area contributed by atoms with Gasteiger partial charge in [0.15, 0.2) is 0 Å². The van der Waals surface area contributed by atoms with Crippen LogP contribution in [0.25, 0.3) is 0 Å². The van der Waals surface area contributed by atoms with Crippen LogP contribution in [-0.2, 0) is 9.59 Å². The molecule has 0 rings (SSSR count). The van der Waals surface area contributed by atoms with Gasteiger partial charge in [-0.1, -0.05) is 6.92 Å². The van der Waals surface area contributed by atoms with Crippen molar-refractivity contribution in [3.05, 3.63) is 13.8 Å². The third-order valence-electron chi connectivity index (χ3n) is 1.67. The van der Waals surface area contributed by atoms with Crippen LogP contribution in [0.3, 0.4) is 0 Å². The van der Waals surface area contributed by atoms with Crippen molar-refractivity contribution in [2.45, 2.75) is 12.8 Å². The Bertz CT molecular complexity index is 179. The van der Waals surface area contributed by atoms with Crippen LogP contribution < -0.4 is 5.73 Å². The highest BCUT2D eigenvalue weighted by Gasteiger charge is 2.20. The van der Waals surface area contributed by atoms with Gasteiger partial charge in [0, 0.05) is 5.92 Å². The minimum absolute atomic E-state index is 0.161. The van der Waals surface area contributed by atoms with Gasteiger partial charge in [-0.3, -0.25) is 9.59 Å². The SMILES string of the molecule is [CH2]CC(CC([CH2])C(=O)O)C(N)=O. The van der Waals surface area contributed by atoms with Crippen LogP contribution >= 0.6 is 0 Å². The first kappa shape index (κ1) is 10.9. The number of nitrogens with two attached hydrogens (primary N) is 1. The molecule has 1 amide bonds. The average Bonchev–Trinajstić information content (AvgIpc) is 1.98. The summed E-state index contributed by atoms with van der Waals surface area (Å²) in [5, 5.41) is 8.47. The maximum absolute atomic E-state index is 10.7. The third-order valence-corrected chi connectivity index (χ3v) is 1.67. The van der Waals surface area contributed by atoms with Gasteiger partial charge < -0.3 is 10.8 Å². The first-order valence-electron chi connectivity index (χ1n) is 3.63. The molecule has 4 heteroatoms. The molecule has 2 unspecified atom stereocenters. The summed E-state index contributed by atoms with van der Waals surface area (Å²) < 4.78 is 0. The second-order valence-electron chi connectivity index (χ2n) is 2.66. The molecule has 4 nitrogen and oxygen atoms in total. The molecular formula is C8H13NO3. The fourth-order valence-corrected chi connectivity index (χ4v) is 0.821. The number of carbonyl (C=O) groups is 2. The van der Waals surface area contributed by atoms with E-state index in [4.69, 9.17) is 10.8 Å². The van der Waals surface area contributed by atoms with Crippen LogP contribution in [0.2, 0.25) is 0 Å². The molecule has 0 aliphatic rings. The van der Waals surface area contributed by atoms with E-state index in [1.807, 2.05) is 0 Å². The highest BCUT2D eigenvalue weighted by Crippen LogP contribution is 2.14. The van der Waals surface area contributed by atoms with Crippen molar-refractivity contribution < 1.29 is 14.7 Å². The van der Waals surface area contributed by atoms with Crippen molar-refractivity contribution in [3.63, 3.8) is 0 Å². The largest absolute Gasteiger partial charge is 0.481 e. The smallest absolute Gasteiger partial charge is 0.306 e. The van der Waals surface area contributed by atoms with Gasteiger partial charge in [-0.2, -0.15) is 0 Å². The Morgan fingerprint density at radius 2 is 2.00 bits per heavy atom. The predicted molar refractivity (Wildman–Crippen MR) is 43.8 cm³/mol. The summed E-state index contributed by atoms with van der Waals surface area (Å²) in [6.07, 6.45) is 0.475. The molecule has 68 valence electrons. The molecule has 0 saturated carbocycles. The lowest BCUT2D eigenvalue weighted by atomic mass is 9.93. The summed E-state index contributed by atoms with van der Waals surface area (Å²) >= 11 is 0. The Labute approximate surface area is 71.8 Å². The van der Waals surface area contributed by atoms with Crippen molar-refractivity contribution in [3.8, 4) is 0 Å². The van der Waals surface area contributed by atoms with Gasteiger partial charge in [0.2, 0.25) is 5.91 Å². The van der Waals surface area contributed by atoms with Gasteiger partial charge in [0.05, 0.1) is 5.92 Å². The fourth-order valence-electron chi connectivity index (χ4n) is 0.821. The lowest BCUT2D eigenvalue weighted by Gasteiger charge is -2.12. The highest BCUT2D eigenvalue weighted by atomic mass is 16.4. The van der Waals surface area contributed by atoms with E-state index in [1.165, 1.54) is 0 Å². The van der Waals surface area contributed by atoms with E-state index >= 15 is 0 Å². The number of carboxylic acid groups (broad SMARTS) is 1. The summed E-state index contributed by atoms with van der Waals surface area (Å²) in [5.41, 5.74) is 5.00. The van der Waals surface area contributed by atoms with Crippen molar-refractivity contribution in [2.75, 3.05) is 0 Å². The van der Waals surface area contributed by atoms with Gasteiger partial charge in [0.1, 0.15) is 0 Å². The van der Waals surface area contributed by atoms with Gasteiger partial charge in [-0.15, -0.1) is 0 Å². The predicted octanol–water partition coefficient (Wildman–Crippen LogP) is 0.237. The number of amides is 1. The van der Waals surface area contributed by atoms with Crippen LogP contribution in [0.4, 0.5) is 0 Å². The second kappa shape index (κ2) is 4.74. The molecular weight excluding hydrogens is 158 g/mol. The van der Waals surface area contributed by atoms with Crippen LogP contribution in [0.1, 0.15) is 12.8 Å². The van der Waals surface area contributed by atoms with Gasteiger partial charge in [0.25, 0.3) is 0 Å². The van der Waals surface area contributed by atoms with E-state index in [9.17, 15) is 9.59 Å². The van der Waals surface area contributed by atoms with E-state index in [0.717, 1.165) is 0 Å². The van der Waals surface area contributed by atoms with Crippen molar-refractivity contribution >= 4 is 11.9 Å². The number of primary amides is 1. The number of carboxylic acids is 1. The first-order chi connectivity index (χ1) is 5.49. The molecule has 0 bridgehead atoms. The molecule has 12 heavy (non-hydrogen) atoms. The molecule has 0 aromatic rings. The molecule has 0 aliphatic heterocycles. The molecule has 0 aromatic carbocycles. The maximum atomic E-state index is 10.7. The first-order valence-corrected chi connectivity index (χ1v) is 3.63. The minimum atomic E-state index is -1.02. The average molecular weight is 171 g/mol. The summed E-state index contributed by atoms with van der Waals surface area (Å²) in [7, 11) is 0. The molecule has 0 fully saturated rings. The third kappa shape index (κ3) is 3.37. The standard InChI is InChI=1S/C8H13NO3/c1-3-6(7(9)10)4-5(2)8(11)12/h5-6H,1-4H2,(H2,9,10)(H,11,12). The summed E-state index contributed by atoms with van der Waals surface area (Å²) in [6, 6.07) is 0. The number of hydrogen-bond donors (Lipinski definition) is 2. The molecule has 0 aliphatic carbocycles. The van der Waals surface area contributed by atoms with Crippen LogP contribution in [0.5, 0.6) is 0 Å². The van der Waals surface area contributed by atoms with Crippen LogP contribution in [-0.4, -0.2) is 17.0 Å². The zero-order valence-electron chi connectivity index (χ0n) is 6.82. The van der Waals surface area contributed by atoms with Crippen molar-refractivity contribution in [1.29, 1.82) is 0 Å². The molecule has 2 radical (unpaired) electrons. The highest BCUT2D eigenvalue weighted by molar-refractivity contribution is 5.78. The second-order valence-corrected chi connectivity index (χ2v) is 2.66. The Balaban J connectivity index is 4.02. The monoisotopic (exact) mass is 171 g/mol. The van der Waals surface area contributed by atoms with E-state index in [-0.39, 0.29) is 6.42 Å². The van der Waals surface area contributed by atoms with Gasteiger partial charge in [-0.05, 0) is 19.8 Å². The van der Waals surface area contributed by atoms with Gasteiger partial charge in [-0.25, -0.2) is 0 Å². The molecule has 0 heterocycles. The number of aliphatic carboxylic acids is 1. The molecule has 0 aromatic heterocycles. The topological polar surface area (TPSA) is 80.4 Å². The van der Waals surface area contributed by atoms with Crippen molar-refractivity contribution in [1.82, 2.24) is 0 Å². The lowest BCUT2D eigenvalue weighted by Crippen LogP contribution is -2.26. The Morgan fingerprint density at radius 3 is 2.25 bits per heavy atom. The summed E-state index contributed by atoms with van der Waals surface area (Å²) in [4.78, 5) is 21.0. The number of rotatable bonds is 5. The molecule has 3 N–H and O–H groups in total. The van der Waals surface area contributed by atoms with E-state index < -0.39 is 23.7 Å². The Hall–Kier alpha value is -1.06. The van der Waals surface area contributed by atoms with E-state index in [1.54, 1.807) is 0 Å². The fraction of sp³-hybridized carbons (Fsp3) is 0.500. The van der Waals surface area contributed by atoms with Crippen LogP contribution in [0, 0.1) is 25.7 Å².